The Morgan fingerprint density at radius 2 is 2.00 bits per heavy atom. The summed E-state index contributed by atoms with van der Waals surface area (Å²) in [6, 6.07) is 5.38. The molecule has 0 aliphatic carbocycles. The van der Waals surface area contributed by atoms with Gasteiger partial charge in [-0.05, 0) is 31.0 Å². The van der Waals surface area contributed by atoms with Crippen LogP contribution in [0.4, 0.5) is 0 Å². The van der Waals surface area contributed by atoms with Gasteiger partial charge >= 0.3 is 5.97 Å². The molecule has 0 spiro atoms. The molecule has 0 aromatic heterocycles. The molecule has 1 rings (SSSR count). The van der Waals surface area contributed by atoms with Crippen LogP contribution in [0.5, 0.6) is 11.5 Å². The van der Waals surface area contributed by atoms with Crippen LogP contribution >= 0.6 is 0 Å². The average Bonchev–Trinajstić information content (AvgIpc) is 2.44. The topological polar surface area (TPSA) is 76.1 Å². The van der Waals surface area contributed by atoms with Crippen molar-refractivity contribution >= 4 is 11.9 Å². The molecule has 0 unspecified atom stereocenters. The molecule has 0 heterocycles. The van der Waals surface area contributed by atoms with Gasteiger partial charge in [-0.1, -0.05) is 13.0 Å². The fourth-order valence-electron chi connectivity index (χ4n) is 1.85. The summed E-state index contributed by atoms with van der Waals surface area (Å²) in [5.74, 6) is -0.391. The lowest BCUT2D eigenvalue weighted by molar-refractivity contribution is -0.145. The summed E-state index contributed by atoms with van der Waals surface area (Å²) in [5.41, 5.74) is 1.02. The second-order valence-electron chi connectivity index (χ2n) is 4.65. The van der Waals surface area contributed by atoms with E-state index >= 15 is 0 Å². The van der Waals surface area contributed by atoms with Crippen molar-refractivity contribution in [1.29, 1.82) is 0 Å². The summed E-state index contributed by atoms with van der Waals surface area (Å²) >= 11 is 0. The fourth-order valence-corrected chi connectivity index (χ4v) is 1.85. The van der Waals surface area contributed by atoms with E-state index in [1.807, 2.05) is 19.9 Å². The number of carbonyl (C=O) groups is 2. The third-order valence-electron chi connectivity index (χ3n) is 2.84. The third-order valence-corrected chi connectivity index (χ3v) is 2.84. The summed E-state index contributed by atoms with van der Waals surface area (Å²) in [6.07, 6.45) is 0.687. The van der Waals surface area contributed by atoms with Crippen molar-refractivity contribution in [3.05, 3.63) is 23.8 Å². The van der Waals surface area contributed by atoms with Gasteiger partial charge in [-0.15, -0.1) is 0 Å². The molecule has 0 saturated carbocycles. The van der Waals surface area contributed by atoms with E-state index in [1.54, 1.807) is 12.1 Å². The molecule has 0 atom stereocenters. The average molecular weight is 295 g/mol. The van der Waals surface area contributed by atoms with Crippen LogP contribution in [0.25, 0.3) is 0 Å². The molecule has 21 heavy (non-hydrogen) atoms. The Morgan fingerprint density at radius 1 is 1.29 bits per heavy atom. The standard InChI is InChI=1S/C15H21NO5/c1-4-7-16(9-15(18)19)14(17)10-21-12-6-5-11(2)8-13(12)20-3/h5-6,8H,4,7,9-10H2,1-3H3,(H,18,19). The number of aryl methyl sites for hydroxylation is 1. The van der Waals surface area contributed by atoms with Crippen LogP contribution in [0.2, 0.25) is 0 Å². The normalized spacial score (nSPS) is 10.0. The minimum absolute atomic E-state index is 0.216. The fraction of sp³-hybridized carbons (Fsp3) is 0.467. The predicted molar refractivity (Wildman–Crippen MR) is 77.7 cm³/mol. The lowest BCUT2D eigenvalue weighted by Gasteiger charge is -2.20. The van der Waals surface area contributed by atoms with E-state index in [-0.39, 0.29) is 19.1 Å². The zero-order valence-electron chi connectivity index (χ0n) is 12.6. The minimum Gasteiger partial charge on any atom is -0.493 e. The first-order valence-corrected chi connectivity index (χ1v) is 6.75. The van der Waals surface area contributed by atoms with Gasteiger partial charge in [0.2, 0.25) is 0 Å². The number of benzene rings is 1. The highest BCUT2D eigenvalue weighted by atomic mass is 16.5. The lowest BCUT2D eigenvalue weighted by Crippen LogP contribution is -2.39. The zero-order valence-corrected chi connectivity index (χ0v) is 12.6. The number of rotatable bonds is 8. The summed E-state index contributed by atoms with van der Waals surface area (Å²) in [5, 5.41) is 8.80. The molecule has 1 amide bonds. The highest BCUT2D eigenvalue weighted by Gasteiger charge is 2.17. The number of amides is 1. The van der Waals surface area contributed by atoms with E-state index in [0.717, 1.165) is 5.56 Å². The van der Waals surface area contributed by atoms with Crippen molar-refractivity contribution in [3.63, 3.8) is 0 Å². The van der Waals surface area contributed by atoms with Crippen LogP contribution in [0, 0.1) is 6.92 Å². The number of carbonyl (C=O) groups excluding carboxylic acids is 1. The molecule has 0 aliphatic rings. The second-order valence-corrected chi connectivity index (χ2v) is 4.65. The predicted octanol–water partition coefficient (Wildman–Crippen LogP) is 1.71. The molecule has 116 valence electrons. The largest absolute Gasteiger partial charge is 0.493 e. The Kier molecular flexibility index (Phi) is 6.52. The van der Waals surface area contributed by atoms with Gasteiger partial charge in [0.25, 0.3) is 5.91 Å². The number of carboxylic acids is 1. The quantitative estimate of drug-likeness (QED) is 0.790. The van der Waals surface area contributed by atoms with Crippen molar-refractivity contribution in [1.82, 2.24) is 4.90 Å². The molecule has 0 saturated heterocycles. The Labute approximate surface area is 124 Å². The van der Waals surface area contributed by atoms with E-state index in [9.17, 15) is 9.59 Å². The number of hydrogen-bond donors (Lipinski definition) is 1. The minimum atomic E-state index is -1.04. The molecule has 1 aromatic carbocycles. The monoisotopic (exact) mass is 295 g/mol. The summed E-state index contributed by atoms with van der Waals surface area (Å²) in [7, 11) is 1.53. The molecule has 0 bridgehead atoms. The number of hydrogen-bond acceptors (Lipinski definition) is 4. The van der Waals surface area contributed by atoms with E-state index < -0.39 is 5.97 Å². The lowest BCUT2D eigenvalue weighted by atomic mass is 10.2. The number of aliphatic carboxylic acids is 1. The van der Waals surface area contributed by atoms with Crippen LogP contribution in [-0.2, 0) is 9.59 Å². The first kappa shape index (κ1) is 16.8. The van der Waals surface area contributed by atoms with Gasteiger partial charge in [-0.2, -0.15) is 0 Å². The van der Waals surface area contributed by atoms with E-state index in [1.165, 1.54) is 12.0 Å². The van der Waals surface area contributed by atoms with Gasteiger partial charge < -0.3 is 19.5 Å². The maximum atomic E-state index is 12.0. The molecule has 1 N–H and O–H groups in total. The maximum absolute atomic E-state index is 12.0. The van der Waals surface area contributed by atoms with Crippen molar-refractivity contribution in [3.8, 4) is 11.5 Å². The molecular formula is C15H21NO5. The van der Waals surface area contributed by atoms with Crippen LogP contribution < -0.4 is 9.47 Å². The van der Waals surface area contributed by atoms with Crippen LogP contribution in [0.3, 0.4) is 0 Å². The van der Waals surface area contributed by atoms with Crippen LogP contribution in [0.15, 0.2) is 18.2 Å². The highest BCUT2D eigenvalue weighted by Crippen LogP contribution is 2.27. The molecule has 6 nitrogen and oxygen atoms in total. The van der Waals surface area contributed by atoms with Crippen LogP contribution in [-0.4, -0.2) is 48.7 Å². The van der Waals surface area contributed by atoms with Crippen molar-refractivity contribution < 1.29 is 24.2 Å². The summed E-state index contributed by atoms with van der Waals surface area (Å²) < 4.78 is 10.6. The van der Waals surface area contributed by atoms with Crippen molar-refractivity contribution in [2.45, 2.75) is 20.3 Å². The van der Waals surface area contributed by atoms with E-state index in [4.69, 9.17) is 14.6 Å². The van der Waals surface area contributed by atoms with Crippen LogP contribution in [0.1, 0.15) is 18.9 Å². The van der Waals surface area contributed by atoms with Gasteiger partial charge in [0.1, 0.15) is 6.54 Å². The van der Waals surface area contributed by atoms with Gasteiger partial charge in [-0.25, -0.2) is 0 Å². The molecule has 0 aliphatic heterocycles. The number of methoxy groups -OCH3 is 1. The Hall–Kier alpha value is -2.24. The maximum Gasteiger partial charge on any atom is 0.323 e. The van der Waals surface area contributed by atoms with Gasteiger partial charge in [-0.3, -0.25) is 9.59 Å². The number of ether oxygens (including phenoxy) is 2. The Morgan fingerprint density at radius 3 is 2.57 bits per heavy atom. The second kappa shape index (κ2) is 8.14. The third kappa shape index (κ3) is 5.33. The Bertz CT molecular complexity index is 501. The smallest absolute Gasteiger partial charge is 0.323 e. The van der Waals surface area contributed by atoms with Gasteiger partial charge in [0, 0.05) is 6.54 Å². The molecule has 0 radical (unpaired) electrons. The highest BCUT2D eigenvalue weighted by molar-refractivity contribution is 5.82. The SMILES string of the molecule is CCCN(CC(=O)O)C(=O)COc1ccc(C)cc1OC. The van der Waals surface area contributed by atoms with E-state index in [2.05, 4.69) is 0 Å². The van der Waals surface area contributed by atoms with Gasteiger partial charge in [0.15, 0.2) is 18.1 Å². The molecule has 1 aromatic rings. The van der Waals surface area contributed by atoms with E-state index in [0.29, 0.717) is 24.5 Å². The Balaban J connectivity index is 2.68. The van der Waals surface area contributed by atoms with Gasteiger partial charge in [0.05, 0.1) is 7.11 Å². The molecule has 0 fully saturated rings. The first-order valence-electron chi connectivity index (χ1n) is 6.75. The first-order chi connectivity index (χ1) is 9.97. The number of carboxylic acid groups (broad SMARTS) is 1. The zero-order chi connectivity index (χ0) is 15.8. The summed E-state index contributed by atoms with van der Waals surface area (Å²) in [6.45, 7) is 3.66. The van der Waals surface area contributed by atoms with Crippen molar-refractivity contribution in [2.75, 3.05) is 26.8 Å². The summed E-state index contributed by atoms with van der Waals surface area (Å²) in [4.78, 5) is 24.0. The molecule has 6 heteroatoms. The molecular weight excluding hydrogens is 274 g/mol. The number of nitrogens with zero attached hydrogens (tertiary/aromatic N) is 1. The van der Waals surface area contributed by atoms with Crippen molar-refractivity contribution in [2.24, 2.45) is 0 Å².